The van der Waals surface area contributed by atoms with Crippen LogP contribution < -0.4 is 10.2 Å². The summed E-state index contributed by atoms with van der Waals surface area (Å²) < 4.78 is 5.54. The van der Waals surface area contributed by atoms with Crippen LogP contribution in [0.25, 0.3) is 10.9 Å². The van der Waals surface area contributed by atoms with Crippen molar-refractivity contribution < 1.29 is 9.84 Å². The fraction of sp³-hybridized carbons (Fsp3) is 0.591. The third kappa shape index (κ3) is 4.62. The molecule has 1 aromatic carbocycles. The van der Waals surface area contributed by atoms with E-state index in [1.807, 2.05) is 0 Å². The van der Waals surface area contributed by atoms with Gasteiger partial charge in [-0.1, -0.05) is 25.3 Å². The minimum Gasteiger partial charge on any atom is -0.389 e. The summed E-state index contributed by atoms with van der Waals surface area (Å²) in [7, 11) is 0. The van der Waals surface area contributed by atoms with E-state index in [2.05, 4.69) is 40.7 Å². The summed E-state index contributed by atoms with van der Waals surface area (Å²) >= 11 is 1.74. The maximum Gasteiger partial charge on any atom is 0.133 e. The maximum atomic E-state index is 10.8. The van der Waals surface area contributed by atoms with Crippen molar-refractivity contribution in [3.63, 3.8) is 0 Å². The van der Waals surface area contributed by atoms with Crippen molar-refractivity contribution in [2.75, 3.05) is 44.0 Å². The molecule has 2 fully saturated rings. The molecule has 0 amide bonds. The smallest absolute Gasteiger partial charge is 0.133 e. The Bertz CT molecular complexity index is 802. The van der Waals surface area contributed by atoms with Gasteiger partial charge in [0.15, 0.2) is 0 Å². The second kappa shape index (κ2) is 8.99. The summed E-state index contributed by atoms with van der Waals surface area (Å²) in [4.78, 5) is 8.61. The predicted molar refractivity (Wildman–Crippen MR) is 116 cm³/mol. The molecule has 1 aromatic heterocycles. The minimum absolute atomic E-state index is 0.547. The first-order chi connectivity index (χ1) is 13.7. The molecule has 2 heterocycles. The Hall–Kier alpha value is -1.34. The van der Waals surface area contributed by atoms with Gasteiger partial charge in [0.1, 0.15) is 5.82 Å². The van der Waals surface area contributed by atoms with Gasteiger partial charge in [-0.2, -0.15) is 0 Å². The van der Waals surface area contributed by atoms with Crippen molar-refractivity contribution in [1.29, 1.82) is 0 Å². The molecule has 152 valence electrons. The molecule has 1 aliphatic heterocycles. The molecule has 0 spiro atoms. The highest BCUT2D eigenvalue weighted by atomic mass is 32.2. The molecule has 5 nitrogen and oxygen atoms in total. The van der Waals surface area contributed by atoms with Crippen LogP contribution in [0.5, 0.6) is 0 Å². The standard InChI is InChI=1S/C22H31N3O2S/c1-28-19-6-5-17-13-18(15-23-16-22(26)7-3-2-4-8-22)21(24-20(17)14-19)25-9-11-27-12-10-25/h5-6,13-14,23,26H,2-4,7-12,15-16H2,1H3. The van der Waals surface area contributed by atoms with Gasteiger partial charge in [-0.25, -0.2) is 4.98 Å². The number of hydrogen-bond donors (Lipinski definition) is 2. The zero-order chi connectivity index (χ0) is 19.4. The lowest BCUT2D eigenvalue weighted by molar-refractivity contribution is 0.00467. The van der Waals surface area contributed by atoms with Crippen molar-refractivity contribution in [1.82, 2.24) is 10.3 Å². The molecule has 2 N–H and O–H groups in total. The lowest BCUT2D eigenvalue weighted by Gasteiger charge is -2.33. The summed E-state index contributed by atoms with van der Waals surface area (Å²) in [5.74, 6) is 1.05. The number of thioether (sulfide) groups is 1. The Morgan fingerprint density at radius 3 is 2.71 bits per heavy atom. The molecule has 1 aliphatic carbocycles. The van der Waals surface area contributed by atoms with E-state index in [1.54, 1.807) is 11.8 Å². The molecule has 4 rings (SSSR count). The average molecular weight is 402 g/mol. The second-order valence-electron chi connectivity index (χ2n) is 8.02. The van der Waals surface area contributed by atoms with Crippen molar-refractivity contribution in [3.8, 4) is 0 Å². The number of benzene rings is 1. The van der Waals surface area contributed by atoms with Crippen LogP contribution in [0.4, 0.5) is 5.82 Å². The summed E-state index contributed by atoms with van der Waals surface area (Å²) in [5, 5.41) is 15.5. The lowest BCUT2D eigenvalue weighted by Crippen LogP contribution is -2.42. The second-order valence-corrected chi connectivity index (χ2v) is 8.90. The molecule has 2 aromatic rings. The van der Waals surface area contributed by atoms with Gasteiger partial charge in [-0.05, 0) is 37.3 Å². The monoisotopic (exact) mass is 401 g/mol. The zero-order valence-corrected chi connectivity index (χ0v) is 17.6. The van der Waals surface area contributed by atoms with E-state index >= 15 is 0 Å². The molecule has 1 saturated carbocycles. The van der Waals surface area contributed by atoms with Crippen LogP contribution in [0, 0.1) is 0 Å². The molecule has 2 aliphatic rings. The molecule has 0 bridgehead atoms. The maximum absolute atomic E-state index is 10.8. The summed E-state index contributed by atoms with van der Waals surface area (Å²) in [6.07, 6.45) is 7.42. The van der Waals surface area contributed by atoms with Gasteiger partial charge in [0.25, 0.3) is 0 Å². The van der Waals surface area contributed by atoms with Crippen molar-refractivity contribution in [3.05, 3.63) is 29.8 Å². The van der Waals surface area contributed by atoms with Gasteiger partial charge in [0.05, 0.1) is 24.3 Å². The first-order valence-corrected chi connectivity index (χ1v) is 11.6. The normalized spacial score (nSPS) is 19.9. The van der Waals surface area contributed by atoms with Crippen LogP contribution in [-0.2, 0) is 11.3 Å². The third-order valence-corrected chi connectivity index (χ3v) is 6.67. The molecule has 0 unspecified atom stereocenters. The van der Waals surface area contributed by atoms with E-state index < -0.39 is 5.60 Å². The summed E-state index contributed by atoms with van der Waals surface area (Å²) in [5.41, 5.74) is 1.70. The van der Waals surface area contributed by atoms with Crippen LogP contribution in [0.15, 0.2) is 29.2 Å². The van der Waals surface area contributed by atoms with Crippen LogP contribution in [0.2, 0.25) is 0 Å². The molecule has 6 heteroatoms. The number of nitrogens with one attached hydrogen (secondary N) is 1. The minimum atomic E-state index is -0.547. The van der Waals surface area contributed by atoms with Gasteiger partial charge < -0.3 is 20.1 Å². The van der Waals surface area contributed by atoms with E-state index in [1.165, 1.54) is 22.3 Å². The van der Waals surface area contributed by atoms with Gasteiger partial charge in [0, 0.05) is 42.0 Å². The summed E-state index contributed by atoms with van der Waals surface area (Å²) in [6, 6.07) is 8.75. The number of fused-ring (bicyclic) bond motifs is 1. The highest BCUT2D eigenvalue weighted by Gasteiger charge is 2.28. The number of ether oxygens (including phenoxy) is 1. The third-order valence-electron chi connectivity index (χ3n) is 5.95. The fourth-order valence-electron chi connectivity index (χ4n) is 4.30. The summed E-state index contributed by atoms with van der Waals surface area (Å²) in [6.45, 7) is 4.62. The van der Waals surface area contributed by atoms with E-state index in [4.69, 9.17) is 9.72 Å². The van der Waals surface area contributed by atoms with E-state index in [-0.39, 0.29) is 0 Å². The highest BCUT2D eigenvalue weighted by molar-refractivity contribution is 7.98. The topological polar surface area (TPSA) is 57.6 Å². The number of nitrogens with zero attached hydrogens (tertiary/aromatic N) is 2. The van der Waals surface area contributed by atoms with Crippen LogP contribution in [0.3, 0.4) is 0 Å². The molecule has 0 radical (unpaired) electrons. The Balaban J connectivity index is 1.57. The first-order valence-electron chi connectivity index (χ1n) is 10.4. The zero-order valence-electron chi connectivity index (χ0n) is 16.7. The Kier molecular flexibility index (Phi) is 6.41. The number of rotatable bonds is 6. The van der Waals surface area contributed by atoms with Crippen molar-refractivity contribution >= 4 is 28.5 Å². The SMILES string of the molecule is CSc1ccc2cc(CNCC3(O)CCCCC3)c(N3CCOCC3)nc2c1. The van der Waals surface area contributed by atoms with Gasteiger partial charge in [0.2, 0.25) is 0 Å². The van der Waals surface area contributed by atoms with Gasteiger partial charge in [-0.15, -0.1) is 11.8 Å². The van der Waals surface area contributed by atoms with E-state index in [0.717, 1.165) is 69.9 Å². The van der Waals surface area contributed by atoms with E-state index in [9.17, 15) is 5.11 Å². The van der Waals surface area contributed by atoms with Gasteiger partial charge >= 0.3 is 0 Å². The van der Waals surface area contributed by atoms with Crippen LogP contribution in [0.1, 0.15) is 37.7 Å². The molecular weight excluding hydrogens is 370 g/mol. The average Bonchev–Trinajstić information content (AvgIpc) is 2.74. The highest BCUT2D eigenvalue weighted by Crippen LogP contribution is 2.29. The Morgan fingerprint density at radius 1 is 1.18 bits per heavy atom. The van der Waals surface area contributed by atoms with E-state index in [0.29, 0.717) is 6.54 Å². The quantitative estimate of drug-likeness (QED) is 0.722. The van der Waals surface area contributed by atoms with Crippen LogP contribution in [-0.4, -0.2) is 54.8 Å². The number of aromatic nitrogens is 1. The molecule has 1 saturated heterocycles. The van der Waals surface area contributed by atoms with Crippen molar-refractivity contribution in [2.24, 2.45) is 0 Å². The lowest BCUT2D eigenvalue weighted by atomic mass is 9.85. The number of aliphatic hydroxyl groups is 1. The fourth-order valence-corrected chi connectivity index (χ4v) is 4.74. The number of morpholine rings is 1. The molecular formula is C22H31N3O2S. The number of hydrogen-bond acceptors (Lipinski definition) is 6. The van der Waals surface area contributed by atoms with Crippen LogP contribution >= 0.6 is 11.8 Å². The first kappa shape index (κ1) is 20.0. The Labute approximate surface area is 171 Å². The van der Waals surface area contributed by atoms with Crippen molar-refractivity contribution in [2.45, 2.75) is 49.1 Å². The molecule has 28 heavy (non-hydrogen) atoms. The molecule has 0 atom stereocenters. The number of anilines is 1. The van der Waals surface area contributed by atoms with Gasteiger partial charge in [-0.3, -0.25) is 0 Å². The predicted octanol–water partition coefficient (Wildman–Crippen LogP) is 3.58. The Morgan fingerprint density at radius 2 is 1.96 bits per heavy atom. The number of pyridine rings is 1. The largest absolute Gasteiger partial charge is 0.389 e.